The molecule has 0 bridgehead atoms. The summed E-state index contributed by atoms with van der Waals surface area (Å²) >= 11 is 5.90. The summed E-state index contributed by atoms with van der Waals surface area (Å²) in [6, 6.07) is 12.5. The second-order valence-electron chi connectivity index (χ2n) is 5.27. The smallest absolute Gasteiger partial charge is 0.311 e. The van der Waals surface area contributed by atoms with Crippen molar-refractivity contribution in [3.63, 3.8) is 0 Å². The summed E-state index contributed by atoms with van der Waals surface area (Å²) in [4.78, 5) is 24.0. The first-order chi connectivity index (χ1) is 11.9. The normalized spacial score (nSPS) is 11.2. The van der Waals surface area contributed by atoms with E-state index in [2.05, 4.69) is 5.32 Å². The van der Waals surface area contributed by atoms with E-state index in [-0.39, 0.29) is 17.2 Å². The van der Waals surface area contributed by atoms with Gasteiger partial charge in [0.05, 0.1) is 17.0 Å². The van der Waals surface area contributed by atoms with E-state index in [1.807, 2.05) is 6.07 Å². The predicted molar refractivity (Wildman–Crippen MR) is 92.2 cm³/mol. The van der Waals surface area contributed by atoms with Crippen molar-refractivity contribution in [1.29, 1.82) is 5.26 Å². The first-order valence-electron chi connectivity index (χ1n) is 7.37. The summed E-state index contributed by atoms with van der Waals surface area (Å²) < 4.78 is 5.09. The number of carbonyl (C=O) groups is 2. The average Bonchev–Trinajstić information content (AvgIpc) is 2.57. The molecular weight excluding hydrogens is 344 g/mol. The van der Waals surface area contributed by atoms with Crippen LogP contribution in [0.1, 0.15) is 18.1 Å². The Balaban J connectivity index is 1.91. The van der Waals surface area contributed by atoms with Crippen molar-refractivity contribution in [1.82, 2.24) is 0 Å². The van der Waals surface area contributed by atoms with Gasteiger partial charge in [-0.1, -0.05) is 23.7 Å². The first-order valence-corrected chi connectivity index (χ1v) is 7.74. The number of esters is 1. The molecular formula is C18H15ClN2O4. The number of nitrogens with zero attached hydrogens (tertiary/aromatic N) is 1. The van der Waals surface area contributed by atoms with Gasteiger partial charge in [0.25, 0.3) is 5.91 Å². The summed E-state index contributed by atoms with van der Waals surface area (Å²) in [6.07, 6.45) is -1.01. The van der Waals surface area contributed by atoms with E-state index < -0.39 is 18.0 Å². The highest BCUT2D eigenvalue weighted by Gasteiger charge is 2.18. The molecule has 128 valence electrons. The zero-order valence-corrected chi connectivity index (χ0v) is 14.1. The fourth-order valence-corrected chi connectivity index (χ4v) is 2.22. The van der Waals surface area contributed by atoms with Gasteiger partial charge in [0, 0.05) is 5.69 Å². The molecule has 0 unspecified atom stereocenters. The largest absolute Gasteiger partial charge is 0.508 e. The minimum Gasteiger partial charge on any atom is -0.508 e. The molecule has 2 rings (SSSR count). The summed E-state index contributed by atoms with van der Waals surface area (Å²) in [5.74, 6) is -0.975. The van der Waals surface area contributed by atoms with Crippen molar-refractivity contribution < 1.29 is 19.4 Å². The molecule has 7 heteroatoms. The molecule has 2 aromatic rings. The number of ether oxygens (including phenoxy) is 1. The van der Waals surface area contributed by atoms with Gasteiger partial charge in [-0.2, -0.15) is 5.26 Å². The Labute approximate surface area is 149 Å². The van der Waals surface area contributed by atoms with Crippen molar-refractivity contribution >= 4 is 29.2 Å². The Morgan fingerprint density at radius 2 is 1.96 bits per heavy atom. The lowest BCUT2D eigenvalue weighted by molar-refractivity contribution is -0.152. The van der Waals surface area contributed by atoms with E-state index in [1.54, 1.807) is 12.1 Å². The topological polar surface area (TPSA) is 99.4 Å². The van der Waals surface area contributed by atoms with Crippen LogP contribution in [0.4, 0.5) is 5.69 Å². The van der Waals surface area contributed by atoms with Gasteiger partial charge in [-0.3, -0.25) is 9.59 Å². The fourth-order valence-electron chi connectivity index (χ4n) is 2.00. The van der Waals surface area contributed by atoms with E-state index in [1.165, 1.54) is 37.3 Å². The SMILES string of the molecule is C[C@@H](OC(=O)Cc1ccc(O)cc1)C(=O)Nc1ccc(C#N)c(Cl)c1. The van der Waals surface area contributed by atoms with Crippen molar-refractivity contribution in [2.24, 2.45) is 0 Å². The zero-order chi connectivity index (χ0) is 18.4. The minimum atomic E-state index is -1.00. The monoisotopic (exact) mass is 358 g/mol. The highest BCUT2D eigenvalue weighted by Crippen LogP contribution is 2.20. The number of benzene rings is 2. The highest BCUT2D eigenvalue weighted by atomic mass is 35.5. The Morgan fingerprint density at radius 3 is 2.56 bits per heavy atom. The van der Waals surface area contributed by atoms with Crippen LogP contribution in [0.3, 0.4) is 0 Å². The van der Waals surface area contributed by atoms with E-state index in [9.17, 15) is 14.7 Å². The molecule has 2 N–H and O–H groups in total. The Kier molecular flexibility index (Phi) is 5.98. The van der Waals surface area contributed by atoms with Crippen molar-refractivity contribution in [3.8, 4) is 11.8 Å². The number of rotatable bonds is 5. The summed E-state index contributed by atoms with van der Waals surface area (Å²) in [5, 5.41) is 20.8. The van der Waals surface area contributed by atoms with Crippen molar-refractivity contribution in [2.45, 2.75) is 19.4 Å². The quantitative estimate of drug-likeness (QED) is 0.800. The number of nitriles is 1. The number of anilines is 1. The molecule has 0 aliphatic heterocycles. The van der Waals surface area contributed by atoms with Gasteiger partial charge >= 0.3 is 5.97 Å². The molecule has 1 atom stereocenters. The molecule has 0 aliphatic rings. The molecule has 0 heterocycles. The van der Waals surface area contributed by atoms with Gasteiger partial charge < -0.3 is 15.2 Å². The highest BCUT2D eigenvalue weighted by molar-refractivity contribution is 6.32. The second-order valence-corrected chi connectivity index (χ2v) is 5.68. The van der Waals surface area contributed by atoms with E-state index in [0.717, 1.165) is 0 Å². The molecule has 2 aromatic carbocycles. The maximum atomic E-state index is 12.1. The molecule has 0 fully saturated rings. The summed E-state index contributed by atoms with van der Waals surface area (Å²) in [5.41, 5.74) is 1.36. The van der Waals surface area contributed by atoms with Crippen LogP contribution in [0.2, 0.25) is 5.02 Å². The third-order valence-corrected chi connectivity index (χ3v) is 3.63. The third kappa shape index (κ3) is 5.23. The van der Waals surface area contributed by atoms with Crippen LogP contribution >= 0.6 is 11.6 Å². The number of carbonyl (C=O) groups excluding carboxylic acids is 2. The van der Waals surface area contributed by atoms with E-state index in [4.69, 9.17) is 21.6 Å². The lowest BCUT2D eigenvalue weighted by Gasteiger charge is -2.14. The molecule has 0 aromatic heterocycles. The lowest BCUT2D eigenvalue weighted by atomic mass is 10.1. The van der Waals surface area contributed by atoms with Crippen LogP contribution < -0.4 is 5.32 Å². The number of hydrogen-bond donors (Lipinski definition) is 2. The number of hydrogen-bond acceptors (Lipinski definition) is 5. The molecule has 0 saturated heterocycles. The maximum absolute atomic E-state index is 12.1. The van der Waals surface area contributed by atoms with Crippen molar-refractivity contribution in [3.05, 3.63) is 58.6 Å². The maximum Gasteiger partial charge on any atom is 0.311 e. The molecule has 0 radical (unpaired) electrons. The summed E-state index contributed by atoms with van der Waals surface area (Å²) in [6.45, 7) is 1.45. The zero-order valence-electron chi connectivity index (χ0n) is 13.3. The van der Waals surface area contributed by atoms with Gasteiger partial charge in [0.1, 0.15) is 11.8 Å². The number of phenolic OH excluding ortho intramolecular Hbond substituents is 1. The van der Waals surface area contributed by atoms with Crippen LogP contribution in [0, 0.1) is 11.3 Å². The standard InChI is InChI=1S/C18H15ClN2O4/c1-11(25-17(23)8-12-2-6-15(22)7-3-12)18(24)21-14-5-4-13(10-20)16(19)9-14/h2-7,9,11,22H,8H2,1H3,(H,21,24)/t11-/m1/s1. The number of amides is 1. The van der Waals surface area contributed by atoms with E-state index >= 15 is 0 Å². The predicted octanol–water partition coefficient (Wildman–Crippen LogP) is 3.03. The molecule has 0 saturated carbocycles. The molecule has 0 spiro atoms. The van der Waals surface area contributed by atoms with Gasteiger partial charge in [-0.05, 0) is 42.8 Å². The van der Waals surface area contributed by atoms with Gasteiger partial charge in [0.15, 0.2) is 6.10 Å². The van der Waals surface area contributed by atoms with Crippen molar-refractivity contribution in [2.75, 3.05) is 5.32 Å². The fraction of sp³-hybridized carbons (Fsp3) is 0.167. The molecule has 1 amide bonds. The molecule has 0 aliphatic carbocycles. The Morgan fingerprint density at radius 1 is 1.28 bits per heavy atom. The van der Waals surface area contributed by atoms with Crippen LogP contribution in [-0.2, 0) is 20.7 Å². The minimum absolute atomic E-state index is 0.0133. The number of phenols is 1. The Hall–Kier alpha value is -3.04. The first kappa shape index (κ1) is 18.3. The molecule has 25 heavy (non-hydrogen) atoms. The number of nitrogens with one attached hydrogen (secondary N) is 1. The van der Waals surface area contributed by atoms with Gasteiger partial charge in [-0.15, -0.1) is 0 Å². The lowest BCUT2D eigenvalue weighted by Crippen LogP contribution is -2.30. The van der Waals surface area contributed by atoms with E-state index in [0.29, 0.717) is 16.8 Å². The third-order valence-electron chi connectivity index (χ3n) is 3.32. The summed E-state index contributed by atoms with van der Waals surface area (Å²) in [7, 11) is 0. The van der Waals surface area contributed by atoms with Gasteiger partial charge in [0.2, 0.25) is 0 Å². The van der Waals surface area contributed by atoms with Crippen LogP contribution in [-0.4, -0.2) is 23.1 Å². The molecule has 6 nitrogen and oxygen atoms in total. The number of aromatic hydroxyl groups is 1. The van der Waals surface area contributed by atoms with Crippen LogP contribution in [0.25, 0.3) is 0 Å². The van der Waals surface area contributed by atoms with Crippen LogP contribution in [0.15, 0.2) is 42.5 Å². The second kappa shape index (κ2) is 8.18. The van der Waals surface area contributed by atoms with Gasteiger partial charge in [-0.25, -0.2) is 0 Å². The van der Waals surface area contributed by atoms with Crippen LogP contribution in [0.5, 0.6) is 5.75 Å². The average molecular weight is 359 g/mol. The number of halogens is 1. The Bertz CT molecular complexity index is 828.